The van der Waals surface area contributed by atoms with Gasteiger partial charge in [-0.1, -0.05) is 19.9 Å². The van der Waals surface area contributed by atoms with Crippen molar-refractivity contribution in [2.24, 2.45) is 5.92 Å². The zero-order chi connectivity index (χ0) is 14.4. The van der Waals surface area contributed by atoms with Gasteiger partial charge in [-0.05, 0) is 31.3 Å². The fourth-order valence-electron chi connectivity index (χ4n) is 2.47. The molecule has 19 heavy (non-hydrogen) atoms. The topological polar surface area (TPSA) is 81.6 Å². The largest absolute Gasteiger partial charge is 0.396 e. The van der Waals surface area contributed by atoms with Crippen LogP contribution in [0.5, 0.6) is 0 Å². The summed E-state index contributed by atoms with van der Waals surface area (Å²) in [6.07, 6.45) is 3.34. The molecule has 110 valence electrons. The average molecular weight is 270 g/mol. The van der Waals surface area contributed by atoms with Gasteiger partial charge in [0.1, 0.15) is 0 Å². The van der Waals surface area contributed by atoms with E-state index in [0.717, 1.165) is 12.0 Å². The highest BCUT2D eigenvalue weighted by Crippen LogP contribution is 2.23. The molecule has 0 saturated heterocycles. The Bertz CT molecular complexity index is 329. The lowest BCUT2D eigenvalue weighted by molar-refractivity contribution is -0.123. The van der Waals surface area contributed by atoms with Gasteiger partial charge in [0.25, 0.3) is 0 Å². The van der Waals surface area contributed by atoms with Gasteiger partial charge in [0.2, 0.25) is 5.91 Å². The summed E-state index contributed by atoms with van der Waals surface area (Å²) >= 11 is 0. The van der Waals surface area contributed by atoms with Crippen LogP contribution in [-0.4, -0.2) is 47.5 Å². The van der Waals surface area contributed by atoms with Crippen molar-refractivity contribution in [1.82, 2.24) is 10.6 Å². The molecule has 0 aliphatic heterocycles. The number of carbonyl (C=O) groups is 1. The first-order valence-corrected chi connectivity index (χ1v) is 6.94. The van der Waals surface area contributed by atoms with E-state index in [-0.39, 0.29) is 43.2 Å². The monoisotopic (exact) mass is 270 g/mol. The van der Waals surface area contributed by atoms with E-state index in [9.17, 15) is 15.0 Å². The molecule has 1 aliphatic carbocycles. The van der Waals surface area contributed by atoms with Gasteiger partial charge in [0.05, 0.1) is 12.6 Å². The van der Waals surface area contributed by atoms with Crippen molar-refractivity contribution >= 4 is 5.91 Å². The lowest BCUT2D eigenvalue weighted by Gasteiger charge is -2.28. The van der Waals surface area contributed by atoms with Gasteiger partial charge >= 0.3 is 0 Å². The zero-order valence-corrected chi connectivity index (χ0v) is 12.0. The first-order chi connectivity index (χ1) is 8.96. The summed E-state index contributed by atoms with van der Waals surface area (Å²) < 4.78 is 0. The number of amides is 1. The van der Waals surface area contributed by atoms with Crippen LogP contribution in [0.25, 0.3) is 0 Å². The van der Waals surface area contributed by atoms with E-state index in [1.54, 1.807) is 0 Å². The van der Waals surface area contributed by atoms with Gasteiger partial charge in [-0.15, -0.1) is 0 Å². The smallest absolute Gasteiger partial charge is 0.237 e. The van der Waals surface area contributed by atoms with E-state index in [2.05, 4.69) is 10.6 Å². The SMILES string of the molecule is CC(C)N[C@@H](C)C(=O)NC1C=C(CO)CC(CO)C1. The molecule has 0 fully saturated rings. The molecule has 0 aromatic carbocycles. The molecule has 0 saturated carbocycles. The average Bonchev–Trinajstić information content (AvgIpc) is 2.37. The molecule has 1 rings (SSSR count). The van der Waals surface area contributed by atoms with Crippen molar-refractivity contribution in [3.63, 3.8) is 0 Å². The number of hydrogen-bond donors (Lipinski definition) is 4. The predicted molar refractivity (Wildman–Crippen MR) is 74.6 cm³/mol. The minimum absolute atomic E-state index is 0.0112. The van der Waals surface area contributed by atoms with Gasteiger partial charge in [-0.25, -0.2) is 0 Å². The zero-order valence-electron chi connectivity index (χ0n) is 12.0. The highest BCUT2D eigenvalue weighted by atomic mass is 16.3. The van der Waals surface area contributed by atoms with Crippen LogP contribution >= 0.6 is 0 Å². The second-order valence-corrected chi connectivity index (χ2v) is 5.63. The highest BCUT2D eigenvalue weighted by Gasteiger charge is 2.24. The van der Waals surface area contributed by atoms with Crippen LogP contribution in [0.1, 0.15) is 33.6 Å². The molecule has 0 bridgehead atoms. The highest BCUT2D eigenvalue weighted by molar-refractivity contribution is 5.81. The quantitative estimate of drug-likeness (QED) is 0.519. The molecule has 5 heteroatoms. The molecule has 1 amide bonds. The number of nitrogens with one attached hydrogen (secondary N) is 2. The fraction of sp³-hybridized carbons (Fsp3) is 0.786. The normalized spacial score (nSPS) is 25.1. The predicted octanol–water partition coefficient (Wildman–Crippen LogP) is 0.179. The minimum Gasteiger partial charge on any atom is -0.396 e. The summed E-state index contributed by atoms with van der Waals surface area (Å²) in [5, 5.41) is 24.6. The van der Waals surface area contributed by atoms with Gasteiger partial charge in [0, 0.05) is 18.7 Å². The molecule has 0 radical (unpaired) electrons. The summed E-state index contributed by atoms with van der Waals surface area (Å²) in [5.41, 5.74) is 0.889. The van der Waals surface area contributed by atoms with Crippen LogP contribution in [0.2, 0.25) is 0 Å². The van der Waals surface area contributed by atoms with E-state index >= 15 is 0 Å². The Morgan fingerprint density at radius 2 is 2.11 bits per heavy atom. The summed E-state index contributed by atoms with van der Waals surface area (Å²) in [4.78, 5) is 12.0. The molecule has 0 aromatic rings. The van der Waals surface area contributed by atoms with Crippen molar-refractivity contribution in [2.45, 2.75) is 51.7 Å². The van der Waals surface area contributed by atoms with E-state index in [1.807, 2.05) is 26.8 Å². The number of rotatable bonds is 6. The van der Waals surface area contributed by atoms with Crippen LogP contribution in [0.15, 0.2) is 11.6 Å². The van der Waals surface area contributed by atoms with E-state index in [4.69, 9.17) is 0 Å². The maximum absolute atomic E-state index is 12.0. The molecule has 1 aliphatic rings. The molecule has 3 atom stereocenters. The summed E-state index contributed by atoms with van der Waals surface area (Å²) in [7, 11) is 0. The second kappa shape index (κ2) is 7.62. The van der Waals surface area contributed by atoms with E-state index in [1.165, 1.54) is 0 Å². The Labute approximate surface area is 115 Å². The van der Waals surface area contributed by atoms with Crippen molar-refractivity contribution in [1.29, 1.82) is 0 Å². The van der Waals surface area contributed by atoms with Crippen LogP contribution in [-0.2, 0) is 4.79 Å². The second-order valence-electron chi connectivity index (χ2n) is 5.63. The van der Waals surface area contributed by atoms with Crippen molar-refractivity contribution in [3.05, 3.63) is 11.6 Å². The third-order valence-electron chi connectivity index (χ3n) is 3.34. The first kappa shape index (κ1) is 16.1. The summed E-state index contributed by atoms with van der Waals surface area (Å²) in [6.45, 7) is 5.90. The number of carbonyl (C=O) groups excluding carboxylic acids is 1. The Morgan fingerprint density at radius 3 is 2.63 bits per heavy atom. The van der Waals surface area contributed by atoms with Crippen LogP contribution in [0.4, 0.5) is 0 Å². The van der Waals surface area contributed by atoms with Gasteiger partial charge in [0.15, 0.2) is 0 Å². The summed E-state index contributed by atoms with van der Waals surface area (Å²) in [6, 6.07) is -0.0988. The maximum Gasteiger partial charge on any atom is 0.237 e. The third kappa shape index (κ3) is 5.30. The lowest BCUT2D eigenvalue weighted by Crippen LogP contribution is -2.48. The molecule has 0 aromatic heterocycles. The van der Waals surface area contributed by atoms with E-state index in [0.29, 0.717) is 6.42 Å². The molecule has 5 nitrogen and oxygen atoms in total. The Morgan fingerprint density at radius 1 is 1.42 bits per heavy atom. The van der Waals surface area contributed by atoms with Gasteiger partial charge in [-0.3, -0.25) is 4.79 Å². The van der Waals surface area contributed by atoms with E-state index < -0.39 is 0 Å². The van der Waals surface area contributed by atoms with Crippen LogP contribution in [0.3, 0.4) is 0 Å². The molecule has 4 N–H and O–H groups in total. The number of aliphatic hydroxyl groups excluding tert-OH is 2. The maximum atomic E-state index is 12.0. The molecule has 0 spiro atoms. The Kier molecular flexibility index (Phi) is 6.48. The van der Waals surface area contributed by atoms with Crippen LogP contribution in [0, 0.1) is 5.92 Å². The van der Waals surface area contributed by atoms with Gasteiger partial charge in [-0.2, -0.15) is 0 Å². The van der Waals surface area contributed by atoms with Crippen LogP contribution < -0.4 is 10.6 Å². The molecular weight excluding hydrogens is 244 g/mol. The van der Waals surface area contributed by atoms with Crippen molar-refractivity contribution in [2.75, 3.05) is 13.2 Å². The van der Waals surface area contributed by atoms with Crippen molar-refractivity contribution in [3.8, 4) is 0 Å². The lowest BCUT2D eigenvalue weighted by atomic mass is 9.86. The molecule has 2 unspecified atom stereocenters. The molecular formula is C14H26N2O3. The number of hydrogen-bond acceptors (Lipinski definition) is 4. The Hall–Kier alpha value is -0.910. The first-order valence-electron chi connectivity index (χ1n) is 6.94. The third-order valence-corrected chi connectivity index (χ3v) is 3.34. The fourth-order valence-corrected chi connectivity index (χ4v) is 2.47. The number of aliphatic hydroxyl groups is 2. The summed E-state index contributed by atoms with van der Waals surface area (Å²) in [5.74, 6) is 0.0663. The minimum atomic E-state index is -0.250. The Balaban J connectivity index is 2.57. The van der Waals surface area contributed by atoms with Crippen molar-refractivity contribution < 1.29 is 15.0 Å². The van der Waals surface area contributed by atoms with Gasteiger partial charge < -0.3 is 20.8 Å². The standard InChI is InChI=1S/C14H26N2O3/c1-9(2)15-10(3)14(19)16-13-5-11(7-17)4-12(6-13)8-18/h5,9-10,12-13,15,17-18H,4,6-8H2,1-3H3,(H,16,19)/t10-,12?,13?/m0/s1. The molecule has 0 heterocycles.